The van der Waals surface area contributed by atoms with Crippen molar-refractivity contribution in [3.8, 4) is 0 Å². The van der Waals surface area contributed by atoms with Crippen molar-refractivity contribution in [2.75, 3.05) is 24.8 Å². The second-order valence-electron chi connectivity index (χ2n) is 4.48. The molecule has 0 aliphatic carbocycles. The maximum atomic E-state index is 11.3. The van der Waals surface area contributed by atoms with Gasteiger partial charge in [-0.05, 0) is 36.4 Å². The summed E-state index contributed by atoms with van der Waals surface area (Å²) in [7, 11) is 3.33. The first kappa shape index (κ1) is 13.9. The first-order chi connectivity index (χ1) is 9.60. The van der Waals surface area contributed by atoms with Crippen molar-refractivity contribution in [2.24, 2.45) is 0 Å². The van der Waals surface area contributed by atoms with Gasteiger partial charge in [0.25, 0.3) is 0 Å². The molecule has 0 radical (unpaired) electrons. The topological polar surface area (TPSA) is 68.5 Å². The van der Waals surface area contributed by atoms with Gasteiger partial charge >= 0.3 is 5.97 Å². The van der Waals surface area contributed by atoms with E-state index >= 15 is 0 Å². The Morgan fingerprint density at radius 2 is 1.95 bits per heavy atom. The fourth-order valence-electron chi connectivity index (χ4n) is 1.82. The molecule has 0 saturated carbocycles. The summed E-state index contributed by atoms with van der Waals surface area (Å²) in [6.07, 6.45) is 1.53. The molecular formula is C15H17N3O2. The summed E-state index contributed by atoms with van der Waals surface area (Å²) >= 11 is 0. The number of ether oxygens (including phenoxy) is 1. The van der Waals surface area contributed by atoms with Gasteiger partial charge in [0.05, 0.1) is 24.9 Å². The number of hydrogen-bond acceptors (Lipinski definition) is 5. The van der Waals surface area contributed by atoms with Gasteiger partial charge in [-0.3, -0.25) is 4.98 Å². The lowest BCUT2D eigenvalue weighted by atomic mass is 10.2. The van der Waals surface area contributed by atoms with E-state index < -0.39 is 0 Å². The summed E-state index contributed by atoms with van der Waals surface area (Å²) in [4.78, 5) is 17.6. The number of nitrogens with zero attached hydrogens (tertiary/aromatic N) is 2. The number of esters is 1. The molecule has 0 amide bonds. The number of carbonyl (C=O) groups excluding carboxylic acids is 1. The van der Waals surface area contributed by atoms with E-state index in [1.54, 1.807) is 6.07 Å². The number of nitrogen functional groups attached to an aromatic ring is 1. The number of methoxy groups -OCH3 is 1. The third-order valence-corrected chi connectivity index (χ3v) is 2.98. The van der Waals surface area contributed by atoms with Crippen molar-refractivity contribution >= 4 is 17.3 Å². The minimum Gasteiger partial charge on any atom is -0.465 e. The number of pyridine rings is 1. The highest BCUT2D eigenvalue weighted by Gasteiger charge is 2.07. The van der Waals surface area contributed by atoms with Crippen LogP contribution in [0.15, 0.2) is 42.6 Å². The first-order valence-corrected chi connectivity index (χ1v) is 6.20. The molecule has 2 rings (SSSR count). The largest absolute Gasteiger partial charge is 0.465 e. The van der Waals surface area contributed by atoms with Crippen LogP contribution < -0.4 is 10.6 Å². The zero-order valence-corrected chi connectivity index (χ0v) is 11.5. The molecule has 0 saturated heterocycles. The van der Waals surface area contributed by atoms with Gasteiger partial charge in [-0.1, -0.05) is 0 Å². The predicted molar refractivity (Wildman–Crippen MR) is 78.5 cm³/mol. The molecule has 1 aromatic carbocycles. The molecule has 104 valence electrons. The van der Waals surface area contributed by atoms with Crippen LogP contribution >= 0.6 is 0 Å². The van der Waals surface area contributed by atoms with Crippen LogP contribution in [0.5, 0.6) is 0 Å². The van der Waals surface area contributed by atoms with Crippen LogP contribution in [0.25, 0.3) is 0 Å². The Bertz CT molecular complexity index is 579. The molecule has 0 bridgehead atoms. The maximum Gasteiger partial charge on any atom is 0.339 e. The molecule has 0 fully saturated rings. The fraction of sp³-hybridized carbons (Fsp3) is 0.200. The lowest BCUT2D eigenvalue weighted by Gasteiger charge is -2.19. The second kappa shape index (κ2) is 6.06. The summed E-state index contributed by atoms with van der Waals surface area (Å²) in [5, 5.41) is 0. The molecule has 5 heteroatoms. The molecule has 0 atom stereocenters. The quantitative estimate of drug-likeness (QED) is 0.681. The van der Waals surface area contributed by atoms with Crippen molar-refractivity contribution in [2.45, 2.75) is 6.54 Å². The van der Waals surface area contributed by atoms with Gasteiger partial charge in [-0.15, -0.1) is 0 Å². The van der Waals surface area contributed by atoms with E-state index in [4.69, 9.17) is 5.73 Å². The zero-order valence-electron chi connectivity index (χ0n) is 11.5. The Labute approximate surface area is 118 Å². The predicted octanol–water partition coefficient (Wildman–Crippen LogP) is 2.09. The SMILES string of the molecule is COC(=O)c1ccc(CN(C)c2ccc(N)cc2)nc1. The summed E-state index contributed by atoms with van der Waals surface area (Å²) in [5.74, 6) is -0.379. The van der Waals surface area contributed by atoms with Gasteiger partial charge < -0.3 is 15.4 Å². The van der Waals surface area contributed by atoms with E-state index in [0.717, 1.165) is 17.1 Å². The average Bonchev–Trinajstić information content (AvgIpc) is 2.48. The molecule has 0 spiro atoms. The van der Waals surface area contributed by atoms with Crippen LogP contribution in [-0.2, 0) is 11.3 Å². The van der Waals surface area contributed by atoms with E-state index in [0.29, 0.717) is 12.1 Å². The molecule has 2 N–H and O–H groups in total. The molecule has 20 heavy (non-hydrogen) atoms. The number of nitrogens with two attached hydrogens (primary N) is 1. The normalized spacial score (nSPS) is 10.1. The van der Waals surface area contributed by atoms with Crippen LogP contribution in [0.1, 0.15) is 16.1 Å². The third-order valence-electron chi connectivity index (χ3n) is 2.98. The summed E-state index contributed by atoms with van der Waals surface area (Å²) < 4.78 is 4.64. The average molecular weight is 271 g/mol. The lowest BCUT2D eigenvalue weighted by molar-refractivity contribution is 0.0600. The van der Waals surface area contributed by atoms with E-state index in [2.05, 4.69) is 14.6 Å². The lowest BCUT2D eigenvalue weighted by Crippen LogP contribution is -2.17. The monoisotopic (exact) mass is 271 g/mol. The van der Waals surface area contributed by atoms with Gasteiger partial charge in [0, 0.05) is 24.6 Å². The Kier molecular flexibility index (Phi) is 4.20. The molecule has 0 unspecified atom stereocenters. The van der Waals surface area contributed by atoms with Crippen LogP contribution in [0.4, 0.5) is 11.4 Å². The molecule has 0 aliphatic rings. The molecular weight excluding hydrogens is 254 g/mol. The standard InChI is InChI=1S/C15H17N3O2/c1-18(14-7-4-12(16)5-8-14)10-13-6-3-11(9-17-13)15(19)20-2/h3-9H,10,16H2,1-2H3. The smallest absolute Gasteiger partial charge is 0.339 e. The first-order valence-electron chi connectivity index (χ1n) is 6.20. The van der Waals surface area contributed by atoms with E-state index in [-0.39, 0.29) is 5.97 Å². The highest BCUT2D eigenvalue weighted by Crippen LogP contribution is 2.16. The summed E-state index contributed by atoms with van der Waals surface area (Å²) in [6.45, 7) is 0.644. The highest BCUT2D eigenvalue weighted by molar-refractivity contribution is 5.88. The highest BCUT2D eigenvalue weighted by atomic mass is 16.5. The number of anilines is 2. The second-order valence-corrected chi connectivity index (χ2v) is 4.48. The minimum absolute atomic E-state index is 0.379. The minimum atomic E-state index is -0.379. The Hall–Kier alpha value is -2.56. The molecule has 1 aromatic heterocycles. The zero-order chi connectivity index (χ0) is 14.5. The molecule has 0 aliphatic heterocycles. The van der Waals surface area contributed by atoms with Gasteiger partial charge in [-0.25, -0.2) is 4.79 Å². The van der Waals surface area contributed by atoms with Crippen molar-refractivity contribution in [1.82, 2.24) is 4.98 Å². The van der Waals surface area contributed by atoms with Crippen molar-refractivity contribution in [1.29, 1.82) is 0 Å². The van der Waals surface area contributed by atoms with E-state index in [9.17, 15) is 4.79 Å². The Balaban J connectivity index is 2.06. The van der Waals surface area contributed by atoms with Gasteiger partial charge in [-0.2, -0.15) is 0 Å². The number of aromatic nitrogens is 1. The Morgan fingerprint density at radius 3 is 2.50 bits per heavy atom. The molecule has 2 aromatic rings. The summed E-state index contributed by atoms with van der Waals surface area (Å²) in [6, 6.07) is 11.2. The Morgan fingerprint density at radius 1 is 1.25 bits per heavy atom. The van der Waals surface area contributed by atoms with Crippen molar-refractivity contribution in [3.05, 3.63) is 53.9 Å². The van der Waals surface area contributed by atoms with Crippen molar-refractivity contribution < 1.29 is 9.53 Å². The maximum absolute atomic E-state index is 11.3. The van der Waals surface area contributed by atoms with E-state index in [1.165, 1.54) is 13.3 Å². The van der Waals surface area contributed by atoms with Gasteiger partial charge in [0.15, 0.2) is 0 Å². The number of benzene rings is 1. The van der Waals surface area contributed by atoms with Crippen molar-refractivity contribution in [3.63, 3.8) is 0 Å². The third kappa shape index (κ3) is 3.26. The number of rotatable bonds is 4. The van der Waals surface area contributed by atoms with Crippen LogP contribution in [0, 0.1) is 0 Å². The molecule has 1 heterocycles. The fourth-order valence-corrected chi connectivity index (χ4v) is 1.82. The summed E-state index contributed by atoms with van der Waals surface area (Å²) in [5.41, 5.74) is 8.78. The van der Waals surface area contributed by atoms with Crippen LogP contribution in [0.2, 0.25) is 0 Å². The van der Waals surface area contributed by atoms with Crippen LogP contribution in [0.3, 0.4) is 0 Å². The number of hydrogen-bond donors (Lipinski definition) is 1. The number of carbonyl (C=O) groups is 1. The van der Waals surface area contributed by atoms with E-state index in [1.807, 2.05) is 37.4 Å². The molecule has 5 nitrogen and oxygen atoms in total. The van der Waals surface area contributed by atoms with Gasteiger partial charge in [0.2, 0.25) is 0 Å². The van der Waals surface area contributed by atoms with Gasteiger partial charge in [0.1, 0.15) is 0 Å². The van der Waals surface area contributed by atoms with Crippen LogP contribution in [-0.4, -0.2) is 25.1 Å².